The number of hydrogen-bond acceptors (Lipinski definition) is 2. The number of aromatic amines is 1. The van der Waals surface area contributed by atoms with Gasteiger partial charge in [-0.15, -0.1) is 0 Å². The molecule has 142 valence electrons. The number of halogens is 2. The van der Waals surface area contributed by atoms with Crippen LogP contribution in [0.15, 0.2) is 78.9 Å². The van der Waals surface area contributed by atoms with Crippen LogP contribution in [0.3, 0.4) is 0 Å². The zero-order valence-electron chi connectivity index (χ0n) is 15.1. The van der Waals surface area contributed by atoms with Gasteiger partial charge in [-0.2, -0.15) is 5.10 Å². The third-order valence-electron chi connectivity index (χ3n) is 5.12. The molecule has 0 saturated heterocycles. The quantitative estimate of drug-likeness (QED) is 0.531. The number of nitrogens with one attached hydrogen (secondary N) is 1. The fourth-order valence-electron chi connectivity index (χ4n) is 3.82. The molecule has 1 atom stereocenters. The molecule has 0 spiro atoms. The minimum Gasteiger partial charge on any atom is -0.295 e. The molecular formula is C23H15F2N3O. The smallest absolute Gasteiger partial charge is 0.277 e. The molecule has 1 aromatic heterocycles. The van der Waals surface area contributed by atoms with Gasteiger partial charge in [0.25, 0.3) is 5.91 Å². The lowest BCUT2D eigenvalue weighted by Crippen LogP contribution is -2.29. The highest BCUT2D eigenvalue weighted by Gasteiger charge is 2.43. The van der Waals surface area contributed by atoms with Crippen LogP contribution in [-0.2, 0) is 0 Å². The molecule has 6 heteroatoms. The molecule has 1 unspecified atom stereocenters. The standard InChI is InChI=1S/C23H15F2N3O/c24-15-12-10-14(11-13-15)20-19-21(27-26-20)23(29)28(16-6-2-1-3-7-16)22(19)17-8-4-5-9-18(17)25/h1-13,22H,(H,26,27). The number of anilines is 1. The number of hydrogen-bond donors (Lipinski definition) is 1. The number of aromatic nitrogens is 2. The van der Waals surface area contributed by atoms with Gasteiger partial charge >= 0.3 is 0 Å². The van der Waals surface area contributed by atoms with Gasteiger partial charge in [0, 0.05) is 22.4 Å². The molecule has 5 rings (SSSR count). The largest absolute Gasteiger partial charge is 0.295 e. The summed E-state index contributed by atoms with van der Waals surface area (Å²) in [5, 5.41) is 7.11. The van der Waals surface area contributed by atoms with Crippen molar-refractivity contribution in [1.82, 2.24) is 10.2 Å². The maximum atomic E-state index is 14.8. The van der Waals surface area contributed by atoms with Crippen molar-refractivity contribution in [2.24, 2.45) is 0 Å². The van der Waals surface area contributed by atoms with Gasteiger partial charge < -0.3 is 0 Å². The summed E-state index contributed by atoms with van der Waals surface area (Å²) in [5.41, 5.74) is 3.05. The Balaban J connectivity index is 1.75. The zero-order valence-corrected chi connectivity index (χ0v) is 15.1. The second-order valence-corrected chi connectivity index (χ2v) is 6.80. The number of carbonyl (C=O) groups is 1. The predicted molar refractivity (Wildman–Crippen MR) is 105 cm³/mol. The van der Waals surface area contributed by atoms with Crippen LogP contribution in [0, 0.1) is 11.6 Å². The number of fused-ring (bicyclic) bond motifs is 1. The van der Waals surface area contributed by atoms with Gasteiger partial charge in [0.05, 0.1) is 11.7 Å². The van der Waals surface area contributed by atoms with E-state index in [0.29, 0.717) is 33.8 Å². The van der Waals surface area contributed by atoms with Crippen molar-refractivity contribution < 1.29 is 13.6 Å². The van der Waals surface area contributed by atoms with E-state index < -0.39 is 11.9 Å². The molecule has 0 radical (unpaired) electrons. The number of benzene rings is 3. The van der Waals surface area contributed by atoms with Crippen LogP contribution in [0.4, 0.5) is 14.5 Å². The summed E-state index contributed by atoms with van der Waals surface area (Å²) in [6.07, 6.45) is 0. The normalized spacial score (nSPS) is 15.6. The van der Waals surface area contributed by atoms with Crippen molar-refractivity contribution >= 4 is 11.6 Å². The maximum Gasteiger partial charge on any atom is 0.277 e. The highest BCUT2D eigenvalue weighted by Crippen LogP contribution is 2.45. The van der Waals surface area contributed by atoms with Gasteiger partial charge in [0.1, 0.15) is 17.3 Å². The maximum absolute atomic E-state index is 14.8. The molecule has 3 aromatic carbocycles. The fraction of sp³-hybridized carbons (Fsp3) is 0.0435. The molecule has 1 aliphatic rings. The van der Waals surface area contributed by atoms with Crippen molar-refractivity contribution in [3.05, 3.63) is 107 Å². The highest BCUT2D eigenvalue weighted by molar-refractivity contribution is 6.11. The van der Waals surface area contributed by atoms with E-state index >= 15 is 0 Å². The van der Waals surface area contributed by atoms with Crippen molar-refractivity contribution in [3.8, 4) is 11.3 Å². The predicted octanol–water partition coefficient (Wildman–Crippen LogP) is 5.10. The van der Waals surface area contributed by atoms with E-state index in [1.165, 1.54) is 18.2 Å². The van der Waals surface area contributed by atoms with Crippen LogP contribution in [0.5, 0.6) is 0 Å². The summed E-state index contributed by atoms with van der Waals surface area (Å²) in [6, 6.07) is 20.7. The number of H-pyrrole nitrogens is 1. The second kappa shape index (κ2) is 6.67. The Labute approximate surface area is 165 Å². The first kappa shape index (κ1) is 17.3. The molecule has 0 saturated carbocycles. The van der Waals surface area contributed by atoms with Crippen LogP contribution >= 0.6 is 0 Å². The summed E-state index contributed by atoms with van der Waals surface area (Å²) in [5.74, 6) is -1.07. The van der Waals surface area contributed by atoms with Crippen molar-refractivity contribution in [3.63, 3.8) is 0 Å². The Hall–Kier alpha value is -3.80. The Morgan fingerprint density at radius 1 is 0.862 bits per heavy atom. The molecule has 0 aliphatic carbocycles. The number of amides is 1. The highest BCUT2D eigenvalue weighted by atomic mass is 19.1. The molecule has 2 heterocycles. The molecule has 4 aromatic rings. The van der Waals surface area contributed by atoms with E-state index in [1.807, 2.05) is 30.3 Å². The van der Waals surface area contributed by atoms with Crippen LogP contribution in [0.25, 0.3) is 11.3 Å². The van der Waals surface area contributed by atoms with Crippen LogP contribution < -0.4 is 4.90 Å². The summed E-state index contributed by atoms with van der Waals surface area (Å²) in [6.45, 7) is 0. The molecule has 1 aliphatic heterocycles. The van der Waals surface area contributed by atoms with Gasteiger partial charge in [-0.05, 0) is 42.5 Å². The van der Waals surface area contributed by atoms with Gasteiger partial charge in [-0.3, -0.25) is 14.8 Å². The van der Waals surface area contributed by atoms with Gasteiger partial charge in [-0.25, -0.2) is 8.78 Å². The van der Waals surface area contributed by atoms with Crippen LogP contribution in [0.2, 0.25) is 0 Å². The molecule has 1 N–H and O–H groups in total. The number of rotatable bonds is 3. The zero-order chi connectivity index (χ0) is 20.0. The minimum absolute atomic E-state index is 0.291. The van der Waals surface area contributed by atoms with Crippen molar-refractivity contribution in [2.45, 2.75) is 6.04 Å². The SMILES string of the molecule is O=C1c2[nH]nc(-c3ccc(F)cc3)c2C(c2ccccc2F)N1c1ccccc1. The third kappa shape index (κ3) is 2.72. The van der Waals surface area contributed by atoms with Gasteiger partial charge in [0.15, 0.2) is 0 Å². The Morgan fingerprint density at radius 3 is 2.28 bits per heavy atom. The van der Waals surface area contributed by atoms with E-state index in [9.17, 15) is 13.6 Å². The second-order valence-electron chi connectivity index (χ2n) is 6.80. The molecule has 0 fully saturated rings. The van der Waals surface area contributed by atoms with E-state index in [1.54, 1.807) is 35.2 Å². The molecule has 29 heavy (non-hydrogen) atoms. The number of para-hydroxylation sites is 1. The Kier molecular flexibility index (Phi) is 3.98. The van der Waals surface area contributed by atoms with Crippen LogP contribution in [0.1, 0.15) is 27.7 Å². The molecule has 1 amide bonds. The first-order chi connectivity index (χ1) is 14.1. The van der Waals surface area contributed by atoms with Gasteiger partial charge in [0.2, 0.25) is 0 Å². The summed E-state index contributed by atoms with van der Waals surface area (Å²) < 4.78 is 28.2. The minimum atomic E-state index is -0.695. The topological polar surface area (TPSA) is 49.0 Å². The van der Waals surface area contributed by atoms with Crippen LogP contribution in [-0.4, -0.2) is 16.1 Å². The van der Waals surface area contributed by atoms with Crippen molar-refractivity contribution in [1.29, 1.82) is 0 Å². The lowest BCUT2D eigenvalue weighted by Gasteiger charge is -2.26. The summed E-state index contributed by atoms with van der Waals surface area (Å²) >= 11 is 0. The Morgan fingerprint density at radius 2 is 1.55 bits per heavy atom. The number of nitrogens with zero attached hydrogens (tertiary/aromatic N) is 2. The third-order valence-corrected chi connectivity index (χ3v) is 5.12. The van der Waals surface area contributed by atoms with Crippen molar-refractivity contribution in [2.75, 3.05) is 4.90 Å². The summed E-state index contributed by atoms with van der Waals surface area (Å²) in [7, 11) is 0. The monoisotopic (exact) mass is 387 g/mol. The first-order valence-electron chi connectivity index (χ1n) is 9.12. The lowest BCUT2D eigenvalue weighted by atomic mass is 9.95. The van der Waals surface area contributed by atoms with E-state index in [0.717, 1.165) is 0 Å². The molecular weight excluding hydrogens is 372 g/mol. The summed E-state index contributed by atoms with van der Waals surface area (Å²) in [4.78, 5) is 14.8. The number of carbonyl (C=O) groups excluding carboxylic acids is 1. The lowest BCUT2D eigenvalue weighted by molar-refractivity contribution is 0.0988. The molecule has 4 nitrogen and oxygen atoms in total. The average molecular weight is 387 g/mol. The van der Waals surface area contributed by atoms with Gasteiger partial charge in [-0.1, -0.05) is 36.4 Å². The van der Waals surface area contributed by atoms with E-state index in [2.05, 4.69) is 10.2 Å². The average Bonchev–Trinajstić information content (AvgIpc) is 3.29. The molecule has 0 bridgehead atoms. The fourth-order valence-corrected chi connectivity index (χ4v) is 3.82. The first-order valence-corrected chi connectivity index (χ1v) is 9.12. The Bertz CT molecular complexity index is 1200. The van der Waals surface area contributed by atoms with E-state index in [-0.39, 0.29) is 11.7 Å². The van der Waals surface area contributed by atoms with E-state index in [4.69, 9.17) is 0 Å².